The molecule has 1 aromatic carbocycles. The molecule has 0 unspecified atom stereocenters. The maximum absolute atomic E-state index is 9.19. The van der Waals surface area contributed by atoms with Crippen LogP contribution >= 0.6 is 0 Å². The van der Waals surface area contributed by atoms with Gasteiger partial charge in [0.15, 0.2) is 0 Å². The van der Waals surface area contributed by atoms with E-state index in [0.717, 1.165) is 5.56 Å². The standard InChI is InChI=1S/C11H16O3/c1-3-13-10-6-5-7-11(14-4-2)9(10)8-12/h5-7,12H,3-4,8H2,1-2H3. The monoisotopic (exact) mass is 196 g/mol. The zero-order valence-electron chi connectivity index (χ0n) is 8.62. The molecule has 0 aromatic heterocycles. The highest BCUT2D eigenvalue weighted by atomic mass is 16.5. The van der Waals surface area contributed by atoms with Crippen LogP contribution in [0.15, 0.2) is 18.2 Å². The molecule has 0 amide bonds. The van der Waals surface area contributed by atoms with Gasteiger partial charge in [0.2, 0.25) is 0 Å². The van der Waals surface area contributed by atoms with E-state index in [1.807, 2.05) is 32.0 Å². The van der Waals surface area contributed by atoms with Crippen LogP contribution in [0.1, 0.15) is 19.4 Å². The zero-order valence-corrected chi connectivity index (χ0v) is 8.62. The first-order valence-electron chi connectivity index (χ1n) is 4.81. The molecule has 0 saturated heterocycles. The van der Waals surface area contributed by atoms with Crippen LogP contribution in [0, 0.1) is 0 Å². The summed E-state index contributed by atoms with van der Waals surface area (Å²) < 4.78 is 10.7. The molecule has 0 atom stereocenters. The van der Waals surface area contributed by atoms with Gasteiger partial charge in [-0.25, -0.2) is 0 Å². The Bertz CT molecular complexity index is 260. The van der Waals surface area contributed by atoms with E-state index in [9.17, 15) is 5.11 Å². The first kappa shape index (κ1) is 10.9. The van der Waals surface area contributed by atoms with Gasteiger partial charge in [-0.2, -0.15) is 0 Å². The quantitative estimate of drug-likeness (QED) is 0.782. The van der Waals surface area contributed by atoms with Crippen molar-refractivity contribution >= 4 is 0 Å². The van der Waals surface area contributed by atoms with E-state index < -0.39 is 0 Å². The molecule has 0 saturated carbocycles. The summed E-state index contributed by atoms with van der Waals surface area (Å²) in [5.41, 5.74) is 0.719. The minimum atomic E-state index is -0.0640. The Morgan fingerprint density at radius 3 is 1.93 bits per heavy atom. The van der Waals surface area contributed by atoms with Crippen molar-refractivity contribution in [2.75, 3.05) is 13.2 Å². The van der Waals surface area contributed by atoms with E-state index in [2.05, 4.69) is 0 Å². The van der Waals surface area contributed by atoms with E-state index in [4.69, 9.17) is 9.47 Å². The van der Waals surface area contributed by atoms with Gasteiger partial charge in [-0.05, 0) is 26.0 Å². The Hall–Kier alpha value is -1.22. The lowest BCUT2D eigenvalue weighted by Gasteiger charge is -2.12. The molecule has 1 rings (SSSR count). The average molecular weight is 196 g/mol. The summed E-state index contributed by atoms with van der Waals surface area (Å²) in [5, 5.41) is 9.19. The van der Waals surface area contributed by atoms with E-state index in [1.165, 1.54) is 0 Å². The summed E-state index contributed by atoms with van der Waals surface area (Å²) in [4.78, 5) is 0. The van der Waals surface area contributed by atoms with Gasteiger partial charge in [-0.1, -0.05) is 6.07 Å². The van der Waals surface area contributed by atoms with E-state index in [-0.39, 0.29) is 6.61 Å². The summed E-state index contributed by atoms with van der Waals surface area (Å²) in [6.45, 7) is 4.93. The van der Waals surface area contributed by atoms with Crippen molar-refractivity contribution in [3.05, 3.63) is 23.8 Å². The third-order valence-electron chi connectivity index (χ3n) is 1.85. The Morgan fingerprint density at radius 2 is 1.57 bits per heavy atom. The minimum absolute atomic E-state index is 0.0640. The average Bonchev–Trinajstić information content (AvgIpc) is 2.19. The summed E-state index contributed by atoms with van der Waals surface area (Å²) in [5.74, 6) is 1.39. The largest absolute Gasteiger partial charge is 0.493 e. The first-order chi connectivity index (χ1) is 6.83. The van der Waals surface area contributed by atoms with Crippen molar-refractivity contribution in [2.24, 2.45) is 0 Å². The van der Waals surface area contributed by atoms with Crippen LogP contribution in [0.2, 0.25) is 0 Å². The molecule has 0 heterocycles. The molecule has 0 aliphatic heterocycles. The second-order valence-electron chi connectivity index (χ2n) is 2.76. The molecule has 1 aromatic rings. The van der Waals surface area contributed by atoms with Gasteiger partial charge >= 0.3 is 0 Å². The van der Waals surface area contributed by atoms with Crippen LogP contribution in [0.5, 0.6) is 11.5 Å². The van der Waals surface area contributed by atoms with Crippen molar-refractivity contribution in [1.29, 1.82) is 0 Å². The third kappa shape index (κ3) is 2.39. The van der Waals surface area contributed by atoms with Gasteiger partial charge in [0.05, 0.1) is 25.4 Å². The maximum Gasteiger partial charge on any atom is 0.128 e. The van der Waals surface area contributed by atoms with Crippen LogP contribution in [-0.2, 0) is 6.61 Å². The van der Waals surface area contributed by atoms with Crippen molar-refractivity contribution in [1.82, 2.24) is 0 Å². The zero-order chi connectivity index (χ0) is 10.4. The fraction of sp³-hybridized carbons (Fsp3) is 0.455. The highest BCUT2D eigenvalue weighted by Crippen LogP contribution is 2.28. The molecular formula is C11H16O3. The van der Waals surface area contributed by atoms with E-state index >= 15 is 0 Å². The van der Waals surface area contributed by atoms with Crippen molar-refractivity contribution in [2.45, 2.75) is 20.5 Å². The molecule has 0 fully saturated rings. The number of benzene rings is 1. The molecule has 3 nitrogen and oxygen atoms in total. The Morgan fingerprint density at radius 1 is 1.07 bits per heavy atom. The molecule has 14 heavy (non-hydrogen) atoms. The number of aliphatic hydroxyl groups excluding tert-OH is 1. The molecule has 0 radical (unpaired) electrons. The van der Waals surface area contributed by atoms with Gasteiger partial charge in [0.25, 0.3) is 0 Å². The van der Waals surface area contributed by atoms with Crippen molar-refractivity contribution in [3.63, 3.8) is 0 Å². The predicted molar refractivity (Wildman–Crippen MR) is 54.7 cm³/mol. The second-order valence-corrected chi connectivity index (χ2v) is 2.76. The van der Waals surface area contributed by atoms with Crippen LogP contribution in [-0.4, -0.2) is 18.3 Å². The van der Waals surface area contributed by atoms with Gasteiger partial charge in [-0.15, -0.1) is 0 Å². The molecule has 0 bridgehead atoms. The molecule has 78 valence electrons. The van der Waals surface area contributed by atoms with E-state index in [1.54, 1.807) is 0 Å². The SMILES string of the molecule is CCOc1cccc(OCC)c1CO. The number of hydrogen-bond acceptors (Lipinski definition) is 3. The number of rotatable bonds is 5. The number of hydrogen-bond donors (Lipinski definition) is 1. The fourth-order valence-electron chi connectivity index (χ4n) is 1.28. The lowest BCUT2D eigenvalue weighted by atomic mass is 10.2. The molecule has 3 heteroatoms. The lowest BCUT2D eigenvalue weighted by molar-refractivity contribution is 0.252. The van der Waals surface area contributed by atoms with Crippen LogP contribution < -0.4 is 9.47 Å². The summed E-state index contributed by atoms with van der Waals surface area (Å²) in [6, 6.07) is 5.52. The molecule has 1 N–H and O–H groups in total. The maximum atomic E-state index is 9.19. The predicted octanol–water partition coefficient (Wildman–Crippen LogP) is 1.98. The van der Waals surface area contributed by atoms with Gasteiger partial charge in [0.1, 0.15) is 11.5 Å². The van der Waals surface area contributed by atoms with Gasteiger partial charge in [0, 0.05) is 0 Å². The Balaban J connectivity index is 2.98. The van der Waals surface area contributed by atoms with Gasteiger partial charge in [-0.3, -0.25) is 0 Å². The molecular weight excluding hydrogens is 180 g/mol. The van der Waals surface area contributed by atoms with Crippen molar-refractivity contribution < 1.29 is 14.6 Å². The minimum Gasteiger partial charge on any atom is -0.493 e. The topological polar surface area (TPSA) is 38.7 Å². The fourth-order valence-corrected chi connectivity index (χ4v) is 1.28. The lowest BCUT2D eigenvalue weighted by Crippen LogP contribution is -2.01. The summed E-state index contributed by atoms with van der Waals surface area (Å²) in [6.07, 6.45) is 0. The van der Waals surface area contributed by atoms with Crippen LogP contribution in [0.25, 0.3) is 0 Å². The molecule has 0 spiro atoms. The first-order valence-corrected chi connectivity index (χ1v) is 4.81. The molecule has 0 aliphatic carbocycles. The normalized spacial score (nSPS) is 9.93. The Kier molecular flexibility index (Phi) is 4.26. The highest BCUT2D eigenvalue weighted by Gasteiger charge is 2.08. The number of ether oxygens (including phenoxy) is 2. The van der Waals surface area contributed by atoms with Crippen LogP contribution in [0.4, 0.5) is 0 Å². The number of aliphatic hydroxyl groups is 1. The highest BCUT2D eigenvalue weighted by molar-refractivity contribution is 5.44. The Labute approximate surface area is 84.3 Å². The van der Waals surface area contributed by atoms with Crippen molar-refractivity contribution in [3.8, 4) is 11.5 Å². The molecule has 0 aliphatic rings. The van der Waals surface area contributed by atoms with Gasteiger partial charge < -0.3 is 14.6 Å². The third-order valence-corrected chi connectivity index (χ3v) is 1.85. The van der Waals surface area contributed by atoms with Crippen LogP contribution in [0.3, 0.4) is 0 Å². The summed E-state index contributed by atoms with van der Waals surface area (Å²) in [7, 11) is 0. The van der Waals surface area contributed by atoms with E-state index in [0.29, 0.717) is 24.7 Å². The smallest absolute Gasteiger partial charge is 0.128 e. The second kappa shape index (κ2) is 5.50. The summed E-state index contributed by atoms with van der Waals surface area (Å²) >= 11 is 0.